The molecule has 0 spiro atoms. The van der Waals surface area contributed by atoms with Gasteiger partial charge in [-0.1, -0.05) is 32.1 Å². The van der Waals surface area contributed by atoms with Crippen molar-refractivity contribution in [2.24, 2.45) is 16.8 Å². The molecule has 0 atom stereocenters. The maximum absolute atomic E-state index is 9.74. The molecule has 3 aromatic rings. The van der Waals surface area contributed by atoms with Crippen molar-refractivity contribution in [1.29, 1.82) is 5.26 Å². The fourth-order valence-corrected chi connectivity index (χ4v) is 5.86. The number of fused-ring (bicyclic) bond motifs is 3. The van der Waals surface area contributed by atoms with Crippen LogP contribution in [-0.4, -0.2) is 30.6 Å². The highest BCUT2D eigenvalue weighted by Gasteiger charge is 2.27. The molecule has 2 aliphatic carbocycles. The third kappa shape index (κ3) is 4.60. The minimum Gasteiger partial charge on any atom is -0.346 e. The second-order valence-corrected chi connectivity index (χ2v) is 9.75. The number of aliphatic imine (C=N–C) groups is 1. The monoisotopic (exact) mass is 447 g/mol. The summed E-state index contributed by atoms with van der Waals surface area (Å²) in [6, 6.07) is 4.74. The number of hydroxylamine groups is 1. The lowest BCUT2D eigenvalue weighted by Gasteiger charge is -2.29. The molecule has 0 amide bonds. The van der Waals surface area contributed by atoms with Crippen LogP contribution in [0, 0.1) is 23.2 Å². The number of hydrogen-bond donors (Lipinski definition) is 3. The molecule has 8 heteroatoms. The number of hydrogen-bond acceptors (Lipinski definition) is 5. The molecule has 2 saturated carbocycles. The van der Waals surface area contributed by atoms with E-state index in [-0.39, 0.29) is 0 Å². The first-order valence-corrected chi connectivity index (χ1v) is 12.4. The van der Waals surface area contributed by atoms with Gasteiger partial charge in [0.15, 0.2) is 0 Å². The van der Waals surface area contributed by atoms with E-state index in [9.17, 15) is 5.21 Å². The first-order chi connectivity index (χ1) is 16.3. The Hall–Kier alpha value is -2.92. The Kier molecular flexibility index (Phi) is 6.58. The Morgan fingerprint density at radius 2 is 2.00 bits per heavy atom. The van der Waals surface area contributed by atoms with E-state index in [0.29, 0.717) is 36.7 Å². The smallest absolute Gasteiger partial charge is 0.139 e. The van der Waals surface area contributed by atoms with E-state index in [1.165, 1.54) is 32.1 Å². The van der Waals surface area contributed by atoms with Gasteiger partial charge in [0.1, 0.15) is 22.8 Å². The zero-order valence-corrected chi connectivity index (χ0v) is 19.1. The molecular formula is C25H33N7O. The van der Waals surface area contributed by atoms with Crippen LogP contribution in [0.25, 0.3) is 22.1 Å². The predicted molar refractivity (Wildman–Crippen MR) is 128 cm³/mol. The van der Waals surface area contributed by atoms with Gasteiger partial charge in [0.2, 0.25) is 0 Å². The molecule has 2 aliphatic rings. The number of nitrogens with one attached hydrogen (secondary N) is 2. The molecule has 0 bridgehead atoms. The van der Waals surface area contributed by atoms with Crippen LogP contribution in [-0.2, 0) is 6.54 Å². The average molecular weight is 448 g/mol. The molecule has 8 nitrogen and oxygen atoms in total. The maximum Gasteiger partial charge on any atom is 0.139 e. The van der Waals surface area contributed by atoms with Crippen LogP contribution in [0.5, 0.6) is 0 Å². The minimum atomic E-state index is 0.333. The van der Waals surface area contributed by atoms with Crippen molar-refractivity contribution < 1.29 is 5.21 Å². The molecule has 174 valence electrons. The molecule has 3 N–H and O–H groups in total. The second-order valence-electron chi connectivity index (χ2n) is 9.75. The highest BCUT2D eigenvalue weighted by atomic mass is 16.5. The van der Waals surface area contributed by atoms with E-state index < -0.39 is 0 Å². The number of aromatic amines is 1. The molecule has 33 heavy (non-hydrogen) atoms. The van der Waals surface area contributed by atoms with Crippen molar-refractivity contribution >= 4 is 27.9 Å². The summed E-state index contributed by atoms with van der Waals surface area (Å²) < 4.78 is 2.37. The molecule has 0 saturated heterocycles. The number of pyridine rings is 1. The summed E-state index contributed by atoms with van der Waals surface area (Å²) in [6.45, 7) is 0.425. The van der Waals surface area contributed by atoms with Gasteiger partial charge in [0.25, 0.3) is 0 Å². The summed E-state index contributed by atoms with van der Waals surface area (Å²) in [4.78, 5) is 17.5. The van der Waals surface area contributed by atoms with Gasteiger partial charge in [-0.2, -0.15) is 5.26 Å². The summed E-state index contributed by atoms with van der Waals surface area (Å²) in [5, 5.41) is 19.9. The average Bonchev–Trinajstić information content (AvgIpc) is 3.47. The number of amidine groups is 1. The van der Waals surface area contributed by atoms with Gasteiger partial charge in [-0.25, -0.2) is 9.97 Å². The van der Waals surface area contributed by atoms with Crippen molar-refractivity contribution in [3.8, 4) is 6.07 Å². The van der Waals surface area contributed by atoms with Crippen molar-refractivity contribution in [3.05, 3.63) is 24.3 Å². The fraction of sp³-hybridized carbons (Fsp3) is 0.600. The largest absolute Gasteiger partial charge is 0.346 e. The molecule has 3 heterocycles. The number of H-pyrrole nitrogens is 1. The summed E-state index contributed by atoms with van der Waals surface area (Å²) >= 11 is 0. The molecular weight excluding hydrogens is 414 g/mol. The third-order valence-electron chi connectivity index (χ3n) is 7.62. The van der Waals surface area contributed by atoms with Crippen LogP contribution in [0.3, 0.4) is 0 Å². The van der Waals surface area contributed by atoms with Crippen LogP contribution >= 0.6 is 0 Å². The van der Waals surface area contributed by atoms with E-state index in [2.05, 4.69) is 32.2 Å². The number of rotatable bonds is 6. The summed E-state index contributed by atoms with van der Waals surface area (Å²) in [5.74, 6) is 2.66. The predicted octanol–water partition coefficient (Wildman–Crippen LogP) is 5.41. The normalized spacial score (nSPS) is 22.6. The van der Waals surface area contributed by atoms with E-state index in [0.717, 1.165) is 60.0 Å². The van der Waals surface area contributed by atoms with Gasteiger partial charge in [-0.3, -0.25) is 15.7 Å². The van der Waals surface area contributed by atoms with Crippen LogP contribution in [0.2, 0.25) is 0 Å². The Morgan fingerprint density at radius 1 is 1.18 bits per heavy atom. The first-order valence-electron chi connectivity index (χ1n) is 12.4. The summed E-state index contributed by atoms with van der Waals surface area (Å²) in [6.07, 6.45) is 15.7. The molecule has 0 aromatic carbocycles. The first kappa shape index (κ1) is 21.9. The standard InChI is InChI=1S/C25H33N7O/c26-12-10-17-6-8-19(9-7-17)32-23(16-28-22(31-33)14-18-4-2-1-3-5-18)30-21-15-29-25-20(24(21)32)11-13-27-25/h11,13,15,17-19,33H,1-10,14,16H2,(H,27,29)(H,28,31). The van der Waals surface area contributed by atoms with Crippen molar-refractivity contribution in [3.63, 3.8) is 0 Å². The van der Waals surface area contributed by atoms with Gasteiger partial charge < -0.3 is 9.55 Å². The second kappa shape index (κ2) is 9.92. The van der Waals surface area contributed by atoms with E-state index in [4.69, 9.17) is 15.2 Å². The quantitative estimate of drug-likeness (QED) is 0.266. The van der Waals surface area contributed by atoms with E-state index in [1.807, 2.05) is 12.4 Å². The third-order valence-corrected chi connectivity index (χ3v) is 7.62. The number of nitrogens with zero attached hydrogens (tertiary/aromatic N) is 5. The zero-order valence-electron chi connectivity index (χ0n) is 19.1. The lowest BCUT2D eigenvalue weighted by Crippen LogP contribution is -2.24. The van der Waals surface area contributed by atoms with Crippen LogP contribution in [0.15, 0.2) is 23.5 Å². The van der Waals surface area contributed by atoms with E-state index in [1.54, 1.807) is 0 Å². The number of aromatic nitrogens is 4. The molecule has 5 rings (SSSR count). The Bertz CT molecular complexity index is 1160. The fourth-order valence-electron chi connectivity index (χ4n) is 5.86. The minimum absolute atomic E-state index is 0.333. The van der Waals surface area contributed by atoms with Crippen molar-refractivity contribution in [2.75, 3.05) is 0 Å². The Labute approximate surface area is 194 Å². The maximum atomic E-state index is 9.74. The highest BCUT2D eigenvalue weighted by molar-refractivity contribution is 6.01. The SMILES string of the molecule is N#CCC1CCC(n2c(CN=C(CC3CCCCC3)NO)nc3cnc4[nH]ccc4c32)CC1. The zero-order chi connectivity index (χ0) is 22.6. The van der Waals surface area contributed by atoms with Gasteiger partial charge in [-0.05, 0) is 43.6 Å². The molecule has 0 unspecified atom stereocenters. The van der Waals surface area contributed by atoms with Crippen LogP contribution < -0.4 is 5.48 Å². The van der Waals surface area contributed by atoms with Gasteiger partial charge in [0, 0.05) is 30.5 Å². The Morgan fingerprint density at radius 3 is 2.76 bits per heavy atom. The van der Waals surface area contributed by atoms with Crippen LogP contribution in [0.1, 0.15) is 82.5 Å². The summed E-state index contributed by atoms with van der Waals surface area (Å²) in [5.41, 5.74) is 5.23. The van der Waals surface area contributed by atoms with E-state index >= 15 is 0 Å². The van der Waals surface area contributed by atoms with Crippen molar-refractivity contribution in [1.82, 2.24) is 25.0 Å². The Balaban J connectivity index is 1.46. The highest BCUT2D eigenvalue weighted by Crippen LogP contribution is 2.38. The molecule has 0 aliphatic heterocycles. The van der Waals surface area contributed by atoms with Gasteiger partial charge in [0.05, 0.1) is 24.3 Å². The molecule has 3 aromatic heterocycles. The lowest BCUT2D eigenvalue weighted by atomic mass is 9.84. The lowest BCUT2D eigenvalue weighted by molar-refractivity contribution is 0.226. The van der Waals surface area contributed by atoms with Gasteiger partial charge >= 0.3 is 0 Å². The molecule has 2 fully saturated rings. The molecule has 0 radical (unpaired) electrons. The number of nitriles is 1. The summed E-state index contributed by atoms with van der Waals surface area (Å²) in [7, 11) is 0. The van der Waals surface area contributed by atoms with Crippen molar-refractivity contribution in [2.45, 2.75) is 83.2 Å². The van der Waals surface area contributed by atoms with Gasteiger partial charge in [-0.15, -0.1) is 0 Å². The van der Waals surface area contributed by atoms with Crippen LogP contribution in [0.4, 0.5) is 0 Å². The topological polar surface area (TPSA) is 115 Å². The number of imidazole rings is 1.